The summed E-state index contributed by atoms with van der Waals surface area (Å²) in [7, 11) is 2.09. The number of piperazine rings is 1. The van der Waals surface area contributed by atoms with Crippen molar-refractivity contribution in [2.45, 2.75) is 25.8 Å². The van der Waals surface area contributed by atoms with Crippen LogP contribution in [0, 0.1) is 0 Å². The van der Waals surface area contributed by atoms with E-state index in [9.17, 15) is 9.59 Å². The SMILES string of the molecule is CCOC(=O)c1cn(C2CC2)c2nc(N3CCN(C)CC3)c(N)cc2c1=O. The maximum absolute atomic E-state index is 12.9. The fourth-order valence-electron chi connectivity index (χ4n) is 3.53. The summed E-state index contributed by atoms with van der Waals surface area (Å²) in [6.45, 7) is 5.51. The summed E-state index contributed by atoms with van der Waals surface area (Å²) in [5.74, 6) is 0.119. The van der Waals surface area contributed by atoms with Crippen LogP contribution in [0.2, 0.25) is 0 Å². The minimum Gasteiger partial charge on any atom is -0.462 e. The summed E-state index contributed by atoms with van der Waals surface area (Å²) >= 11 is 0. The van der Waals surface area contributed by atoms with Gasteiger partial charge >= 0.3 is 5.97 Å². The molecule has 2 aromatic heterocycles. The molecular weight excluding hydrogens is 346 g/mol. The zero-order valence-electron chi connectivity index (χ0n) is 15.8. The molecule has 3 heterocycles. The average Bonchev–Trinajstić information content (AvgIpc) is 3.48. The van der Waals surface area contributed by atoms with Crippen molar-refractivity contribution in [3.63, 3.8) is 0 Å². The second-order valence-electron chi connectivity index (χ2n) is 7.29. The zero-order chi connectivity index (χ0) is 19.1. The lowest BCUT2D eigenvalue weighted by Crippen LogP contribution is -2.45. The smallest absolute Gasteiger partial charge is 0.343 e. The minimum absolute atomic E-state index is 0.0461. The number of hydrogen-bond acceptors (Lipinski definition) is 7. The number of carbonyl (C=O) groups is 1. The van der Waals surface area contributed by atoms with Gasteiger partial charge in [-0.05, 0) is 32.9 Å². The van der Waals surface area contributed by atoms with Crippen LogP contribution in [-0.4, -0.2) is 60.3 Å². The van der Waals surface area contributed by atoms with Crippen LogP contribution in [-0.2, 0) is 4.74 Å². The Labute approximate surface area is 157 Å². The molecule has 144 valence electrons. The number of aromatic nitrogens is 2. The highest BCUT2D eigenvalue weighted by atomic mass is 16.5. The number of esters is 1. The molecule has 4 rings (SSSR count). The summed E-state index contributed by atoms with van der Waals surface area (Å²) in [4.78, 5) is 34.3. The third-order valence-electron chi connectivity index (χ3n) is 5.25. The second-order valence-corrected chi connectivity index (χ2v) is 7.29. The van der Waals surface area contributed by atoms with E-state index in [-0.39, 0.29) is 23.6 Å². The lowest BCUT2D eigenvalue weighted by atomic mass is 10.1. The molecule has 0 unspecified atom stereocenters. The van der Waals surface area contributed by atoms with Gasteiger partial charge in [0.25, 0.3) is 0 Å². The second kappa shape index (κ2) is 6.84. The standard InChI is InChI=1S/C19H25N5O3/c1-3-27-19(26)14-11-24(12-4-5-12)17-13(16(14)25)10-15(20)18(21-17)23-8-6-22(2)7-9-23/h10-12H,3-9,20H2,1-2H3. The normalized spacial score (nSPS) is 18.1. The molecule has 2 fully saturated rings. The van der Waals surface area contributed by atoms with Gasteiger partial charge < -0.3 is 24.8 Å². The van der Waals surface area contributed by atoms with Crippen LogP contribution in [0.3, 0.4) is 0 Å². The van der Waals surface area contributed by atoms with Crippen LogP contribution in [0.5, 0.6) is 0 Å². The predicted octanol–water partition coefficient (Wildman–Crippen LogP) is 1.24. The molecule has 2 aliphatic rings. The largest absolute Gasteiger partial charge is 0.462 e. The average molecular weight is 371 g/mol. The summed E-state index contributed by atoms with van der Waals surface area (Å²) in [6, 6.07) is 1.93. The van der Waals surface area contributed by atoms with Crippen molar-refractivity contribution in [2.75, 3.05) is 50.5 Å². The van der Waals surface area contributed by atoms with Gasteiger partial charge in [-0.15, -0.1) is 0 Å². The molecule has 1 aliphatic heterocycles. The Morgan fingerprint density at radius 1 is 1.30 bits per heavy atom. The molecule has 0 atom stereocenters. The van der Waals surface area contributed by atoms with Gasteiger partial charge in [-0.1, -0.05) is 0 Å². The number of fused-ring (bicyclic) bond motifs is 1. The number of pyridine rings is 2. The Balaban J connectivity index is 1.85. The van der Waals surface area contributed by atoms with E-state index in [1.165, 1.54) is 0 Å². The number of rotatable bonds is 4. The van der Waals surface area contributed by atoms with Crippen molar-refractivity contribution in [1.29, 1.82) is 0 Å². The first-order valence-corrected chi connectivity index (χ1v) is 9.45. The van der Waals surface area contributed by atoms with Crippen molar-refractivity contribution in [3.05, 3.63) is 28.0 Å². The highest BCUT2D eigenvalue weighted by Crippen LogP contribution is 2.37. The lowest BCUT2D eigenvalue weighted by Gasteiger charge is -2.34. The fourth-order valence-corrected chi connectivity index (χ4v) is 3.53. The van der Waals surface area contributed by atoms with E-state index in [2.05, 4.69) is 16.8 Å². The molecule has 0 aromatic carbocycles. The predicted molar refractivity (Wildman–Crippen MR) is 104 cm³/mol. The first-order chi connectivity index (χ1) is 13.0. The Hall–Kier alpha value is -2.61. The zero-order valence-corrected chi connectivity index (χ0v) is 15.8. The van der Waals surface area contributed by atoms with Crippen molar-refractivity contribution >= 4 is 28.5 Å². The molecule has 1 aliphatic carbocycles. The first-order valence-electron chi connectivity index (χ1n) is 9.45. The van der Waals surface area contributed by atoms with Gasteiger partial charge in [-0.25, -0.2) is 9.78 Å². The highest BCUT2D eigenvalue weighted by Gasteiger charge is 2.29. The molecule has 2 aromatic rings. The number of nitrogen functional groups attached to an aromatic ring is 1. The lowest BCUT2D eigenvalue weighted by molar-refractivity contribution is 0.0524. The summed E-state index contributed by atoms with van der Waals surface area (Å²) in [6.07, 6.45) is 3.63. The number of carbonyl (C=O) groups excluding carboxylic acids is 1. The van der Waals surface area contributed by atoms with Gasteiger partial charge in [-0.3, -0.25) is 4.79 Å². The number of nitrogens with zero attached hydrogens (tertiary/aromatic N) is 4. The van der Waals surface area contributed by atoms with Crippen molar-refractivity contribution < 1.29 is 9.53 Å². The van der Waals surface area contributed by atoms with Gasteiger partial charge in [0, 0.05) is 38.4 Å². The topological polar surface area (TPSA) is 93.7 Å². The van der Waals surface area contributed by atoms with Crippen LogP contribution in [0.25, 0.3) is 11.0 Å². The maximum Gasteiger partial charge on any atom is 0.343 e. The van der Waals surface area contributed by atoms with Gasteiger partial charge in [0.2, 0.25) is 5.43 Å². The molecular formula is C19H25N5O3. The molecule has 2 N–H and O–H groups in total. The monoisotopic (exact) mass is 371 g/mol. The third kappa shape index (κ3) is 3.25. The van der Waals surface area contributed by atoms with Crippen molar-refractivity contribution in [3.8, 4) is 0 Å². The minimum atomic E-state index is -0.597. The Morgan fingerprint density at radius 3 is 2.63 bits per heavy atom. The number of anilines is 2. The van der Waals surface area contributed by atoms with Crippen molar-refractivity contribution in [2.24, 2.45) is 0 Å². The van der Waals surface area contributed by atoms with Gasteiger partial charge in [0.1, 0.15) is 11.2 Å². The van der Waals surface area contributed by atoms with Gasteiger partial charge in [0.05, 0.1) is 17.7 Å². The molecule has 27 heavy (non-hydrogen) atoms. The van der Waals surface area contributed by atoms with Crippen LogP contribution in [0.15, 0.2) is 17.1 Å². The molecule has 0 spiro atoms. The Morgan fingerprint density at radius 2 is 2.00 bits per heavy atom. The van der Waals surface area contributed by atoms with E-state index in [1.54, 1.807) is 19.2 Å². The van der Waals surface area contributed by atoms with E-state index in [1.807, 2.05) is 4.57 Å². The quantitative estimate of drug-likeness (QED) is 0.808. The molecule has 0 amide bonds. The molecule has 1 saturated carbocycles. The van der Waals surface area contributed by atoms with E-state index in [4.69, 9.17) is 15.5 Å². The van der Waals surface area contributed by atoms with Crippen LogP contribution in [0.1, 0.15) is 36.2 Å². The molecule has 8 nitrogen and oxygen atoms in total. The fraction of sp³-hybridized carbons (Fsp3) is 0.526. The molecule has 0 radical (unpaired) electrons. The van der Waals surface area contributed by atoms with E-state index >= 15 is 0 Å². The number of likely N-dealkylation sites (N-methyl/N-ethyl adjacent to an activating group) is 1. The van der Waals surface area contributed by atoms with Crippen LogP contribution < -0.4 is 16.1 Å². The van der Waals surface area contributed by atoms with Crippen LogP contribution >= 0.6 is 0 Å². The molecule has 8 heteroatoms. The van der Waals surface area contributed by atoms with Gasteiger partial charge in [-0.2, -0.15) is 0 Å². The number of nitrogens with two attached hydrogens (primary N) is 1. The van der Waals surface area contributed by atoms with E-state index < -0.39 is 5.97 Å². The summed E-state index contributed by atoms with van der Waals surface area (Å²) in [5, 5.41) is 0.378. The first kappa shape index (κ1) is 17.8. The van der Waals surface area contributed by atoms with E-state index in [0.29, 0.717) is 22.5 Å². The number of hydrogen-bond donors (Lipinski definition) is 1. The Kier molecular flexibility index (Phi) is 4.51. The summed E-state index contributed by atoms with van der Waals surface area (Å²) in [5.41, 5.74) is 7.00. The Bertz CT molecular complexity index is 942. The number of ether oxygens (including phenoxy) is 1. The maximum atomic E-state index is 12.9. The van der Waals surface area contributed by atoms with Crippen LogP contribution in [0.4, 0.5) is 11.5 Å². The molecule has 1 saturated heterocycles. The summed E-state index contributed by atoms with van der Waals surface area (Å²) < 4.78 is 7.00. The van der Waals surface area contributed by atoms with E-state index in [0.717, 1.165) is 39.0 Å². The molecule has 0 bridgehead atoms. The third-order valence-corrected chi connectivity index (χ3v) is 5.25. The van der Waals surface area contributed by atoms with Crippen molar-refractivity contribution in [1.82, 2.24) is 14.5 Å². The highest BCUT2D eigenvalue weighted by molar-refractivity contribution is 5.94. The van der Waals surface area contributed by atoms with Gasteiger partial charge in [0.15, 0.2) is 5.82 Å².